The van der Waals surface area contributed by atoms with Crippen molar-refractivity contribution in [2.75, 3.05) is 0 Å². The molecule has 2 aromatic rings. The van der Waals surface area contributed by atoms with Crippen molar-refractivity contribution in [1.29, 1.82) is 0 Å². The molecule has 0 unspecified atom stereocenters. The van der Waals surface area contributed by atoms with E-state index in [0.29, 0.717) is 6.04 Å². The Kier molecular flexibility index (Phi) is 2.72. The van der Waals surface area contributed by atoms with Crippen LogP contribution in [0.2, 0.25) is 0 Å². The zero-order chi connectivity index (χ0) is 11.0. The van der Waals surface area contributed by atoms with Crippen LogP contribution in [0.15, 0.2) is 29.0 Å². The Bertz CT molecular complexity index is 498. The van der Waals surface area contributed by atoms with Gasteiger partial charge in [0.25, 0.3) is 0 Å². The molecule has 0 spiro atoms. The molecule has 1 aliphatic carbocycles. The third kappa shape index (κ3) is 1.77. The van der Waals surface area contributed by atoms with Crippen LogP contribution in [0.1, 0.15) is 38.1 Å². The van der Waals surface area contributed by atoms with Crippen LogP contribution in [0.3, 0.4) is 0 Å². The summed E-state index contributed by atoms with van der Waals surface area (Å²) in [6, 6.07) is 4.98. The first-order valence-electron chi connectivity index (χ1n) is 5.97. The summed E-state index contributed by atoms with van der Waals surface area (Å²) in [6.07, 6.45) is 10.8. The Labute approximate surface area is 104 Å². The Morgan fingerprint density at radius 2 is 2.06 bits per heavy atom. The monoisotopic (exact) mass is 278 g/mol. The standard InChI is InChI=1S/C13H15BrN2/c14-11-8-10-6-7-16(13(10)15-9-11)12-4-2-1-3-5-12/h6-9,12H,1-5H2. The van der Waals surface area contributed by atoms with Crippen LogP contribution in [0.25, 0.3) is 11.0 Å². The molecule has 0 aliphatic heterocycles. The number of rotatable bonds is 1. The molecule has 0 bridgehead atoms. The summed E-state index contributed by atoms with van der Waals surface area (Å²) < 4.78 is 3.42. The Morgan fingerprint density at radius 1 is 1.25 bits per heavy atom. The van der Waals surface area contributed by atoms with Crippen molar-refractivity contribution in [2.24, 2.45) is 0 Å². The van der Waals surface area contributed by atoms with Gasteiger partial charge in [-0.1, -0.05) is 19.3 Å². The van der Waals surface area contributed by atoms with Gasteiger partial charge >= 0.3 is 0 Å². The van der Waals surface area contributed by atoms with Crippen LogP contribution in [-0.2, 0) is 0 Å². The van der Waals surface area contributed by atoms with Crippen molar-refractivity contribution in [3.8, 4) is 0 Å². The minimum atomic E-state index is 0.667. The molecule has 2 nitrogen and oxygen atoms in total. The molecule has 0 amide bonds. The molecule has 3 heteroatoms. The second-order valence-corrected chi connectivity index (χ2v) is 5.50. The summed E-state index contributed by atoms with van der Waals surface area (Å²) in [5, 5.41) is 1.24. The third-order valence-electron chi connectivity index (χ3n) is 3.49. The van der Waals surface area contributed by atoms with Crippen LogP contribution in [0.5, 0.6) is 0 Å². The lowest BCUT2D eigenvalue weighted by molar-refractivity contribution is 0.359. The van der Waals surface area contributed by atoms with Crippen molar-refractivity contribution < 1.29 is 0 Å². The average Bonchev–Trinajstić information content (AvgIpc) is 2.73. The fraction of sp³-hybridized carbons (Fsp3) is 0.462. The van der Waals surface area contributed by atoms with Gasteiger partial charge in [0.2, 0.25) is 0 Å². The van der Waals surface area contributed by atoms with Crippen LogP contribution < -0.4 is 0 Å². The van der Waals surface area contributed by atoms with E-state index < -0.39 is 0 Å². The summed E-state index contributed by atoms with van der Waals surface area (Å²) in [5.41, 5.74) is 1.13. The van der Waals surface area contributed by atoms with E-state index in [2.05, 4.69) is 43.8 Å². The molecule has 16 heavy (non-hydrogen) atoms. The topological polar surface area (TPSA) is 17.8 Å². The van der Waals surface area contributed by atoms with Crippen LogP contribution in [0.4, 0.5) is 0 Å². The molecule has 0 radical (unpaired) electrons. The van der Waals surface area contributed by atoms with Gasteiger partial charge in [0.1, 0.15) is 5.65 Å². The van der Waals surface area contributed by atoms with Gasteiger partial charge in [-0.3, -0.25) is 0 Å². The second kappa shape index (κ2) is 4.21. The lowest BCUT2D eigenvalue weighted by Gasteiger charge is -2.23. The molecule has 3 rings (SSSR count). The summed E-state index contributed by atoms with van der Waals surface area (Å²) in [4.78, 5) is 4.53. The Morgan fingerprint density at radius 3 is 2.88 bits per heavy atom. The van der Waals surface area contributed by atoms with Crippen molar-refractivity contribution in [1.82, 2.24) is 9.55 Å². The highest BCUT2D eigenvalue weighted by molar-refractivity contribution is 9.10. The first kappa shape index (κ1) is 10.3. The number of nitrogens with zero attached hydrogens (tertiary/aromatic N) is 2. The fourth-order valence-electron chi connectivity index (χ4n) is 2.67. The zero-order valence-corrected chi connectivity index (χ0v) is 10.8. The lowest BCUT2D eigenvalue weighted by atomic mass is 9.95. The predicted molar refractivity (Wildman–Crippen MR) is 69.6 cm³/mol. The first-order valence-corrected chi connectivity index (χ1v) is 6.76. The minimum absolute atomic E-state index is 0.667. The van der Waals surface area contributed by atoms with E-state index in [1.165, 1.54) is 37.5 Å². The number of pyridine rings is 1. The van der Waals surface area contributed by atoms with Crippen molar-refractivity contribution in [2.45, 2.75) is 38.1 Å². The summed E-state index contributed by atoms with van der Waals surface area (Å²) in [5.74, 6) is 0. The number of halogens is 1. The molecule has 1 fully saturated rings. The number of aromatic nitrogens is 2. The third-order valence-corrected chi connectivity index (χ3v) is 3.92. The molecule has 0 saturated heterocycles. The molecule has 84 valence electrons. The molecule has 2 aromatic heterocycles. The summed E-state index contributed by atoms with van der Waals surface area (Å²) in [7, 11) is 0. The van der Waals surface area contributed by atoms with Gasteiger partial charge in [-0.05, 0) is 40.9 Å². The van der Waals surface area contributed by atoms with Gasteiger partial charge in [0.05, 0.1) is 0 Å². The van der Waals surface area contributed by atoms with E-state index in [4.69, 9.17) is 0 Å². The maximum atomic E-state index is 4.53. The molecule has 1 saturated carbocycles. The van der Waals surface area contributed by atoms with Crippen molar-refractivity contribution in [3.05, 3.63) is 29.0 Å². The molecular formula is C13H15BrN2. The van der Waals surface area contributed by atoms with Gasteiger partial charge in [-0.2, -0.15) is 0 Å². The summed E-state index contributed by atoms with van der Waals surface area (Å²) >= 11 is 3.47. The Hall–Kier alpha value is -0.830. The smallest absolute Gasteiger partial charge is 0.140 e. The van der Waals surface area contributed by atoms with Gasteiger partial charge in [0.15, 0.2) is 0 Å². The van der Waals surface area contributed by atoms with Gasteiger partial charge in [-0.15, -0.1) is 0 Å². The van der Waals surface area contributed by atoms with E-state index in [1.54, 1.807) is 0 Å². The van der Waals surface area contributed by atoms with Gasteiger partial charge < -0.3 is 4.57 Å². The van der Waals surface area contributed by atoms with E-state index >= 15 is 0 Å². The highest BCUT2D eigenvalue weighted by Gasteiger charge is 2.16. The number of fused-ring (bicyclic) bond motifs is 1. The maximum absolute atomic E-state index is 4.53. The second-order valence-electron chi connectivity index (χ2n) is 4.58. The fourth-order valence-corrected chi connectivity index (χ4v) is 3.02. The van der Waals surface area contributed by atoms with Crippen LogP contribution in [0, 0.1) is 0 Å². The van der Waals surface area contributed by atoms with Crippen molar-refractivity contribution in [3.63, 3.8) is 0 Å². The van der Waals surface area contributed by atoms with Crippen LogP contribution >= 0.6 is 15.9 Å². The highest BCUT2D eigenvalue weighted by atomic mass is 79.9. The predicted octanol–water partition coefficient (Wildman–Crippen LogP) is 4.30. The molecule has 0 atom stereocenters. The first-order chi connectivity index (χ1) is 7.84. The number of hydrogen-bond acceptors (Lipinski definition) is 1. The minimum Gasteiger partial charge on any atom is -0.329 e. The highest BCUT2D eigenvalue weighted by Crippen LogP contribution is 2.31. The van der Waals surface area contributed by atoms with Gasteiger partial charge in [-0.25, -0.2) is 4.98 Å². The molecule has 2 heterocycles. The maximum Gasteiger partial charge on any atom is 0.140 e. The molecule has 1 aliphatic rings. The van der Waals surface area contributed by atoms with Crippen LogP contribution in [-0.4, -0.2) is 9.55 Å². The SMILES string of the molecule is Brc1cnc2c(ccn2C2CCCCC2)c1. The van der Waals surface area contributed by atoms with E-state index in [1.807, 2.05) is 6.20 Å². The van der Waals surface area contributed by atoms with E-state index in [-0.39, 0.29) is 0 Å². The molecule has 0 N–H and O–H groups in total. The largest absolute Gasteiger partial charge is 0.329 e. The normalized spacial score (nSPS) is 18.1. The van der Waals surface area contributed by atoms with Gasteiger partial charge in [0, 0.05) is 28.3 Å². The summed E-state index contributed by atoms with van der Waals surface area (Å²) in [6.45, 7) is 0. The zero-order valence-electron chi connectivity index (χ0n) is 9.19. The molecular weight excluding hydrogens is 264 g/mol. The van der Waals surface area contributed by atoms with Crippen molar-refractivity contribution >= 4 is 27.0 Å². The average molecular weight is 279 g/mol. The molecule has 0 aromatic carbocycles. The van der Waals surface area contributed by atoms with E-state index in [9.17, 15) is 0 Å². The number of hydrogen-bond donors (Lipinski definition) is 0. The quantitative estimate of drug-likeness (QED) is 0.760. The lowest BCUT2D eigenvalue weighted by Crippen LogP contribution is -2.12. The van der Waals surface area contributed by atoms with E-state index in [0.717, 1.165) is 10.1 Å². The Balaban J connectivity index is 2.03.